The van der Waals surface area contributed by atoms with E-state index in [0.29, 0.717) is 6.61 Å². The van der Waals surface area contributed by atoms with Crippen LogP contribution < -0.4 is 5.43 Å². The molecule has 1 saturated heterocycles. The van der Waals surface area contributed by atoms with Gasteiger partial charge in [-0.15, -0.1) is 0 Å². The third kappa shape index (κ3) is 3.01. The second-order valence-corrected chi connectivity index (χ2v) is 4.32. The van der Waals surface area contributed by atoms with Crippen LogP contribution in [0.25, 0.3) is 0 Å². The molecule has 16 heavy (non-hydrogen) atoms. The molecule has 0 aromatic rings. The SMILES string of the molecule is CC(C)OC(=O)NN1C(=O)OC[C@@H]1C(C)C. The van der Waals surface area contributed by atoms with Crippen LogP contribution in [0.4, 0.5) is 9.59 Å². The van der Waals surface area contributed by atoms with E-state index in [4.69, 9.17) is 9.47 Å². The third-order valence-electron chi connectivity index (χ3n) is 2.23. The van der Waals surface area contributed by atoms with Gasteiger partial charge in [0.25, 0.3) is 0 Å². The summed E-state index contributed by atoms with van der Waals surface area (Å²) in [6.45, 7) is 7.67. The van der Waals surface area contributed by atoms with E-state index >= 15 is 0 Å². The Bertz CT molecular complexity index is 278. The number of carbonyl (C=O) groups excluding carboxylic acids is 2. The maximum atomic E-state index is 11.3. The first-order chi connectivity index (χ1) is 7.41. The van der Waals surface area contributed by atoms with Crippen LogP contribution in [-0.4, -0.2) is 35.9 Å². The molecule has 0 bridgehead atoms. The average Bonchev–Trinajstić information content (AvgIpc) is 2.46. The molecule has 1 atom stereocenters. The Kier molecular flexibility index (Phi) is 3.98. The molecular weight excluding hydrogens is 212 g/mol. The second kappa shape index (κ2) is 5.05. The minimum Gasteiger partial charge on any atom is -0.446 e. The van der Waals surface area contributed by atoms with Crippen LogP contribution in [-0.2, 0) is 9.47 Å². The molecule has 0 spiro atoms. The average molecular weight is 230 g/mol. The smallest absolute Gasteiger partial charge is 0.429 e. The molecule has 0 aliphatic carbocycles. The van der Waals surface area contributed by atoms with Crippen LogP contribution in [0.1, 0.15) is 27.7 Å². The lowest BCUT2D eigenvalue weighted by atomic mass is 10.1. The van der Waals surface area contributed by atoms with Crippen LogP contribution in [0.15, 0.2) is 0 Å². The summed E-state index contributed by atoms with van der Waals surface area (Å²) in [6.07, 6.45) is -1.41. The van der Waals surface area contributed by atoms with Crippen molar-refractivity contribution in [3.05, 3.63) is 0 Å². The molecule has 1 N–H and O–H groups in total. The predicted octanol–water partition coefficient (Wildman–Crippen LogP) is 1.51. The molecule has 0 saturated carbocycles. The van der Waals surface area contributed by atoms with Gasteiger partial charge in [0.2, 0.25) is 0 Å². The Labute approximate surface area is 94.8 Å². The number of hydrogen-bond acceptors (Lipinski definition) is 4. The number of carbonyl (C=O) groups is 2. The van der Waals surface area contributed by atoms with Gasteiger partial charge >= 0.3 is 12.2 Å². The Morgan fingerprint density at radius 3 is 2.62 bits per heavy atom. The first kappa shape index (κ1) is 12.6. The van der Waals surface area contributed by atoms with E-state index in [1.807, 2.05) is 13.8 Å². The summed E-state index contributed by atoms with van der Waals surface area (Å²) in [5, 5.41) is 1.19. The van der Waals surface area contributed by atoms with Crippen molar-refractivity contribution >= 4 is 12.2 Å². The van der Waals surface area contributed by atoms with Gasteiger partial charge < -0.3 is 9.47 Å². The van der Waals surface area contributed by atoms with Crippen LogP contribution in [0.5, 0.6) is 0 Å². The zero-order valence-electron chi connectivity index (χ0n) is 10.0. The normalized spacial score (nSPS) is 20.2. The molecule has 0 aromatic carbocycles. The lowest BCUT2D eigenvalue weighted by molar-refractivity contribution is 0.0795. The molecular formula is C10H18N2O4. The quantitative estimate of drug-likeness (QED) is 0.798. The van der Waals surface area contributed by atoms with Crippen molar-refractivity contribution in [1.29, 1.82) is 0 Å². The second-order valence-electron chi connectivity index (χ2n) is 4.32. The number of nitrogens with one attached hydrogen (secondary N) is 1. The highest BCUT2D eigenvalue weighted by Crippen LogP contribution is 2.17. The molecule has 0 radical (unpaired) electrons. The third-order valence-corrected chi connectivity index (χ3v) is 2.23. The summed E-state index contributed by atoms with van der Waals surface area (Å²) >= 11 is 0. The molecule has 92 valence electrons. The lowest BCUT2D eigenvalue weighted by Gasteiger charge is -2.24. The molecule has 0 unspecified atom stereocenters. The number of cyclic esters (lactones) is 1. The van der Waals surface area contributed by atoms with E-state index < -0.39 is 12.2 Å². The summed E-state index contributed by atoms with van der Waals surface area (Å²) < 4.78 is 9.75. The van der Waals surface area contributed by atoms with Gasteiger partial charge in [0.1, 0.15) is 6.61 Å². The first-order valence-electron chi connectivity index (χ1n) is 5.35. The number of hydrogen-bond donors (Lipinski definition) is 1. The van der Waals surface area contributed by atoms with E-state index in [-0.39, 0.29) is 18.1 Å². The van der Waals surface area contributed by atoms with Gasteiger partial charge in [-0.05, 0) is 19.8 Å². The Hall–Kier alpha value is -1.46. The van der Waals surface area contributed by atoms with Crippen LogP contribution >= 0.6 is 0 Å². The maximum Gasteiger partial charge on any atom is 0.429 e. The fraction of sp³-hybridized carbons (Fsp3) is 0.800. The van der Waals surface area contributed by atoms with Crippen LogP contribution in [0, 0.1) is 5.92 Å². The van der Waals surface area contributed by atoms with E-state index in [0.717, 1.165) is 0 Å². The number of rotatable bonds is 3. The molecule has 1 heterocycles. The topological polar surface area (TPSA) is 67.9 Å². The fourth-order valence-corrected chi connectivity index (χ4v) is 1.39. The number of ether oxygens (including phenoxy) is 2. The summed E-state index contributed by atoms with van der Waals surface area (Å²) in [4.78, 5) is 22.7. The van der Waals surface area contributed by atoms with Crippen LogP contribution in [0.3, 0.4) is 0 Å². The van der Waals surface area contributed by atoms with Crippen molar-refractivity contribution in [2.75, 3.05) is 6.61 Å². The largest absolute Gasteiger partial charge is 0.446 e. The highest BCUT2D eigenvalue weighted by atomic mass is 16.6. The molecule has 6 nitrogen and oxygen atoms in total. The minimum absolute atomic E-state index is 0.146. The van der Waals surface area contributed by atoms with Crippen molar-refractivity contribution in [2.45, 2.75) is 39.8 Å². The van der Waals surface area contributed by atoms with Crippen molar-refractivity contribution in [3.63, 3.8) is 0 Å². The van der Waals surface area contributed by atoms with Gasteiger partial charge in [0.05, 0.1) is 12.1 Å². The van der Waals surface area contributed by atoms with Gasteiger partial charge in [0.15, 0.2) is 0 Å². The molecule has 2 amide bonds. The fourth-order valence-electron chi connectivity index (χ4n) is 1.39. The van der Waals surface area contributed by atoms with Gasteiger partial charge in [-0.3, -0.25) is 0 Å². The highest BCUT2D eigenvalue weighted by molar-refractivity contribution is 5.75. The number of hydrazine groups is 1. The monoisotopic (exact) mass is 230 g/mol. The standard InChI is InChI=1S/C10H18N2O4/c1-6(2)8-5-15-10(14)12(8)11-9(13)16-7(3)4/h6-8H,5H2,1-4H3,(H,11,13)/t8-/m1/s1. The van der Waals surface area contributed by atoms with Gasteiger partial charge in [-0.1, -0.05) is 13.8 Å². The minimum atomic E-state index is -0.639. The van der Waals surface area contributed by atoms with Gasteiger partial charge in [0, 0.05) is 0 Å². The van der Waals surface area contributed by atoms with Crippen molar-refractivity contribution in [1.82, 2.24) is 10.4 Å². The van der Waals surface area contributed by atoms with Crippen molar-refractivity contribution in [3.8, 4) is 0 Å². The van der Waals surface area contributed by atoms with Gasteiger partial charge in [-0.2, -0.15) is 0 Å². The molecule has 0 aromatic heterocycles. The summed E-state index contributed by atoms with van der Waals surface area (Å²) in [7, 11) is 0. The molecule has 6 heteroatoms. The van der Waals surface area contributed by atoms with E-state index in [1.165, 1.54) is 5.01 Å². The Morgan fingerprint density at radius 2 is 2.12 bits per heavy atom. The molecule has 1 aliphatic rings. The van der Waals surface area contributed by atoms with Crippen molar-refractivity contribution < 1.29 is 19.1 Å². The Balaban J connectivity index is 2.56. The number of nitrogens with zero attached hydrogens (tertiary/aromatic N) is 1. The first-order valence-corrected chi connectivity index (χ1v) is 5.35. The zero-order chi connectivity index (χ0) is 12.3. The summed E-state index contributed by atoms with van der Waals surface area (Å²) in [5.41, 5.74) is 2.39. The van der Waals surface area contributed by atoms with Gasteiger partial charge in [-0.25, -0.2) is 20.0 Å². The molecule has 1 fully saturated rings. The van der Waals surface area contributed by atoms with E-state index in [9.17, 15) is 9.59 Å². The van der Waals surface area contributed by atoms with E-state index in [2.05, 4.69) is 5.43 Å². The molecule has 1 aliphatic heterocycles. The molecule has 1 rings (SSSR count). The highest BCUT2D eigenvalue weighted by Gasteiger charge is 2.36. The van der Waals surface area contributed by atoms with Crippen molar-refractivity contribution in [2.24, 2.45) is 5.92 Å². The Morgan fingerprint density at radius 1 is 1.50 bits per heavy atom. The number of amides is 2. The maximum absolute atomic E-state index is 11.3. The summed E-state index contributed by atoms with van der Waals surface area (Å²) in [5.74, 6) is 0.200. The predicted molar refractivity (Wildman–Crippen MR) is 56.6 cm³/mol. The van der Waals surface area contributed by atoms with E-state index in [1.54, 1.807) is 13.8 Å². The van der Waals surface area contributed by atoms with Crippen LogP contribution in [0.2, 0.25) is 0 Å². The zero-order valence-corrected chi connectivity index (χ0v) is 10.0. The lowest BCUT2D eigenvalue weighted by Crippen LogP contribution is -2.50. The summed E-state index contributed by atoms with van der Waals surface area (Å²) in [6, 6.07) is -0.146.